The maximum Gasteiger partial charge on any atom is 0.330 e. The Kier molecular flexibility index (Phi) is 5.57. The number of esters is 1. The standard InChI is InChI=1S/C15H21NO3/c1-4-15(18)19-11-10-16(3,5-2)12-13-6-8-14(17)9-7-13/h4,6-9H,1,5,10-12H2,2-3H3/p+1. The molecule has 104 valence electrons. The second-order valence-corrected chi connectivity index (χ2v) is 4.86. The van der Waals surface area contributed by atoms with Crippen LogP contribution in [0.25, 0.3) is 0 Å². The number of nitrogens with zero attached hydrogens (tertiary/aromatic N) is 1. The number of quaternary nitrogens is 1. The number of hydrogen-bond acceptors (Lipinski definition) is 3. The average Bonchev–Trinajstić information content (AvgIpc) is 2.41. The fraction of sp³-hybridized carbons (Fsp3) is 0.400. The van der Waals surface area contributed by atoms with Gasteiger partial charge in [0.25, 0.3) is 0 Å². The van der Waals surface area contributed by atoms with Gasteiger partial charge >= 0.3 is 5.97 Å². The Labute approximate surface area is 114 Å². The zero-order valence-corrected chi connectivity index (χ0v) is 11.6. The van der Waals surface area contributed by atoms with Gasteiger partial charge in [-0.3, -0.25) is 0 Å². The molecule has 0 radical (unpaired) electrons. The molecule has 1 N–H and O–H groups in total. The van der Waals surface area contributed by atoms with Crippen LogP contribution in [0.2, 0.25) is 0 Å². The van der Waals surface area contributed by atoms with E-state index in [0.29, 0.717) is 6.61 Å². The molecule has 0 spiro atoms. The molecular formula is C15H22NO3+. The Balaban J connectivity index is 2.56. The van der Waals surface area contributed by atoms with Crippen LogP contribution in [-0.2, 0) is 16.1 Å². The number of phenolic OH excluding ortho intramolecular Hbond substituents is 1. The molecule has 1 aromatic carbocycles. The van der Waals surface area contributed by atoms with E-state index in [1.54, 1.807) is 12.1 Å². The van der Waals surface area contributed by atoms with Gasteiger partial charge in [0.1, 0.15) is 25.4 Å². The van der Waals surface area contributed by atoms with Crippen molar-refractivity contribution in [1.29, 1.82) is 0 Å². The number of carbonyl (C=O) groups excluding carboxylic acids is 1. The second kappa shape index (κ2) is 6.95. The van der Waals surface area contributed by atoms with E-state index < -0.39 is 0 Å². The lowest BCUT2D eigenvalue weighted by molar-refractivity contribution is -0.921. The SMILES string of the molecule is C=CC(=O)OCC[N+](C)(CC)Cc1ccc(O)cc1. The first-order valence-electron chi connectivity index (χ1n) is 6.40. The van der Waals surface area contributed by atoms with E-state index in [9.17, 15) is 9.90 Å². The molecule has 1 aromatic rings. The summed E-state index contributed by atoms with van der Waals surface area (Å²) in [6.45, 7) is 8.38. The maximum atomic E-state index is 11.0. The highest BCUT2D eigenvalue weighted by Crippen LogP contribution is 2.15. The van der Waals surface area contributed by atoms with Gasteiger partial charge in [-0.05, 0) is 31.2 Å². The Hall–Kier alpha value is -1.81. The summed E-state index contributed by atoms with van der Waals surface area (Å²) in [6, 6.07) is 7.20. The smallest absolute Gasteiger partial charge is 0.330 e. The van der Waals surface area contributed by atoms with Gasteiger partial charge < -0.3 is 14.3 Å². The highest BCUT2D eigenvalue weighted by Gasteiger charge is 2.20. The minimum atomic E-state index is -0.382. The summed E-state index contributed by atoms with van der Waals surface area (Å²) in [5.41, 5.74) is 1.15. The summed E-state index contributed by atoms with van der Waals surface area (Å²) in [5, 5.41) is 9.27. The van der Waals surface area contributed by atoms with Crippen molar-refractivity contribution in [2.45, 2.75) is 13.5 Å². The molecule has 1 rings (SSSR count). The number of benzene rings is 1. The number of phenols is 1. The monoisotopic (exact) mass is 264 g/mol. The molecule has 19 heavy (non-hydrogen) atoms. The quantitative estimate of drug-likeness (QED) is 0.466. The zero-order valence-electron chi connectivity index (χ0n) is 11.6. The van der Waals surface area contributed by atoms with Crippen LogP contribution in [0.1, 0.15) is 12.5 Å². The van der Waals surface area contributed by atoms with Crippen LogP contribution >= 0.6 is 0 Å². The third kappa shape index (κ3) is 5.14. The predicted molar refractivity (Wildman–Crippen MR) is 74.6 cm³/mol. The van der Waals surface area contributed by atoms with Gasteiger partial charge in [0.2, 0.25) is 0 Å². The summed E-state index contributed by atoms with van der Waals surface area (Å²) in [6.07, 6.45) is 1.18. The molecule has 0 heterocycles. The summed E-state index contributed by atoms with van der Waals surface area (Å²) in [7, 11) is 2.12. The summed E-state index contributed by atoms with van der Waals surface area (Å²) in [4.78, 5) is 11.0. The van der Waals surface area contributed by atoms with Gasteiger partial charge in [-0.15, -0.1) is 0 Å². The highest BCUT2D eigenvalue weighted by atomic mass is 16.5. The van der Waals surface area contributed by atoms with Crippen molar-refractivity contribution >= 4 is 5.97 Å². The average molecular weight is 264 g/mol. The maximum absolute atomic E-state index is 11.0. The minimum Gasteiger partial charge on any atom is -0.508 e. The van der Waals surface area contributed by atoms with Crippen molar-refractivity contribution in [3.05, 3.63) is 42.5 Å². The Morgan fingerprint density at radius 3 is 2.58 bits per heavy atom. The Bertz CT molecular complexity index is 428. The number of likely N-dealkylation sites (N-methyl/N-ethyl adjacent to an activating group) is 1. The molecule has 0 aliphatic carbocycles. The predicted octanol–water partition coefficient (Wildman–Crippen LogP) is 2.09. The first kappa shape index (κ1) is 15.2. The molecule has 0 amide bonds. The number of ether oxygens (including phenoxy) is 1. The van der Waals surface area contributed by atoms with Gasteiger partial charge in [-0.25, -0.2) is 4.79 Å². The largest absolute Gasteiger partial charge is 0.508 e. The van der Waals surface area contributed by atoms with Gasteiger partial charge in [-0.2, -0.15) is 0 Å². The van der Waals surface area contributed by atoms with Crippen molar-refractivity contribution in [2.24, 2.45) is 0 Å². The van der Waals surface area contributed by atoms with Crippen molar-refractivity contribution in [1.82, 2.24) is 0 Å². The van der Waals surface area contributed by atoms with E-state index in [1.807, 2.05) is 12.1 Å². The van der Waals surface area contributed by atoms with Crippen LogP contribution in [0.4, 0.5) is 0 Å². The Morgan fingerprint density at radius 1 is 1.42 bits per heavy atom. The van der Waals surface area contributed by atoms with Crippen molar-refractivity contribution < 1.29 is 19.1 Å². The number of rotatable bonds is 7. The lowest BCUT2D eigenvalue weighted by Crippen LogP contribution is -2.45. The molecule has 4 heteroatoms. The molecule has 4 nitrogen and oxygen atoms in total. The molecule has 1 atom stereocenters. The molecule has 0 aliphatic heterocycles. The van der Waals surface area contributed by atoms with Crippen LogP contribution in [0.3, 0.4) is 0 Å². The number of hydrogen-bond donors (Lipinski definition) is 1. The van der Waals surface area contributed by atoms with Crippen molar-refractivity contribution in [3.63, 3.8) is 0 Å². The second-order valence-electron chi connectivity index (χ2n) is 4.86. The first-order chi connectivity index (χ1) is 8.99. The lowest BCUT2D eigenvalue weighted by Gasteiger charge is -2.33. The number of carbonyl (C=O) groups is 1. The van der Waals surface area contributed by atoms with Crippen molar-refractivity contribution in [2.75, 3.05) is 26.7 Å². The fourth-order valence-electron chi connectivity index (χ4n) is 1.82. The molecule has 0 fully saturated rings. The first-order valence-corrected chi connectivity index (χ1v) is 6.40. The van der Waals surface area contributed by atoms with Crippen LogP contribution in [0, 0.1) is 0 Å². The Morgan fingerprint density at radius 2 is 2.05 bits per heavy atom. The van der Waals surface area contributed by atoms with Gasteiger partial charge in [0, 0.05) is 11.6 Å². The third-order valence-electron chi connectivity index (χ3n) is 3.31. The van der Waals surface area contributed by atoms with Crippen LogP contribution in [0.15, 0.2) is 36.9 Å². The molecule has 0 saturated carbocycles. The molecule has 0 bridgehead atoms. The lowest BCUT2D eigenvalue weighted by atomic mass is 10.2. The third-order valence-corrected chi connectivity index (χ3v) is 3.31. The van der Waals surface area contributed by atoms with E-state index >= 15 is 0 Å². The van der Waals surface area contributed by atoms with Crippen LogP contribution in [0.5, 0.6) is 5.75 Å². The molecular weight excluding hydrogens is 242 g/mol. The summed E-state index contributed by atoms with van der Waals surface area (Å²) >= 11 is 0. The highest BCUT2D eigenvalue weighted by molar-refractivity contribution is 5.81. The van der Waals surface area contributed by atoms with Gasteiger partial charge in [-0.1, -0.05) is 6.58 Å². The zero-order chi connectivity index (χ0) is 14.3. The number of aromatic hydroxyl groups is 1. The minimum absolute atomic E-state index is 0.273. The van der Waals surface area contributed by atoms with E-state index in [0.717, 1.165) is 29.7 Å². The van der Waals surface area contributed by atoms with E-state index in [1.165, 1.54) is 6.08 Å². The topological polar surface area (TPSA) is 46.5 Å². The van der Waals surface area contributed by atoms with E-state index in [-0.39, 0.29) is 11.7 Å². The molecule has 1 unspecified atom stereocenters. The van der Waals surface area contributed by atoms with Crippen LogP contribution < -0.4 is 0 Å². The summed E-state index contributed by atoms with van der Waals surface area (Å²) < 4.78 is 5.81. The van der Waals surface area contributed by atoms with E-state index in [2.05, 4.69) is 20.6 Å². The van der Waals surface area contributed by atoms with Crippen LogP contribution in [-0.4, -0.2) is 42.3 Å². The van der Waals surface area contributed by atoms with Gasteiger partial charge in [0.15, 0.2) is 0 Å². The normalized spacial score (nSPS) is 13.6. The van der Waals surface area contributed by atoms with Gasteiger partial charge in [0.05, 0.1) is 13.6 Å². The molecule has 0 aromatic heterocycles. The fourth-order valence-corrected chi connectivity index (χ4v) is 1.82. The molecule has 0 saturated heterocycles. The molecule has 0 aliphatic rings. The van der Waals surface area contributed by atoms with Crippen molar-refractivity contribution in [3.8, 4) is 5.75 Å². The summed E-state index contributed by atoms with van der Waals surface area (Å²) in [5.74, 6) is -0.110. The van der Waals surface area contributed by atoms with E-state index in [4.69, 9.17) is 4.74 Å².